The predicted molar refractivity (Wildman–Crippen MR) is 70.9 cm³/mol. The molecule has 1 aliphatic heterocycles. The van der Waals surface area contributed by atoms with Gasteiger partial charge in [-0.05, 0) is 44.0 Å². The van der Waals surface area contributed by atoms with Gasteiger partial charge in [-0.3, -0.25) is 0 Å². The van der Waals surface area contributed by atoms with Gasteiger partial charge < -0.3 is 10.1 Å². The minimum atomic E-state index is -3.51. The Morgan fingerprint density at radius 3 is 2.47 bits per heavy atom. The van der Waals surface area contributed by atoms with Crippen LogP contribution in [0.1, 0.15) is 24.3 Å². The van der Waals surface area contributed by atoms with Gasteiger partial charge in [-0.2, -0.15) is 0 Å². The van der Waals surface area contributed by atoms with Crippen LogP contribution in [0.25, 0.3) is 0 Å². The van der Waals surface area contributed by atoms with E-state index in [1.165, 1.54) is 13.2 Å². The van der Waals surface area contributed by atoms with Crippen LogP contribution in [0.5, 0.6) is 5.75 Å². The normalized spacial score (nSPS) is 17.4. The van der Waals surface area contributed by atoms with Crippen LogP contribution in [0.2, 0.25) is 0 Å². The Morgan fingerprint density at radius 2 is 1.95 bits per heavy atom. The quantitative estimate of drug-likeness (QED) is 0.919. The zero-order chi connectivity index (χ0) is 14.0. The van der Waals surface area contributed by atoms with Gasteiger partial charge in [0.25, 0.3) is 0 Å². The van der Waals surface area contributed by atoms with Crippen molar-refractivity contribution in [2.75, 3.05) is 26.5 Å². The second-order valence-corrected chi connectivity index (χ2v) is 6.81. The van der Waals surface area contributed by atoms with Gasteiger partial charge in [-0.25, -0.2) is 12.8 Å². The summed E-state index contributed by atoms with van der Waals surface area (Å²) in [6, 6.07) is 2.42. The second kappa shape index (κ2) is 5.46. The number of nitrogens with one attached hydrogen (secondary N) is 1. The van der Waals surface area contributed by atoms with Gasteiger partial charge in [-0.15, -0.1) is 0 Å². The van der Waals surface area contributed by atoms with Crippen molar-refractivity contribution in [3.8, 4) is 5.75 Å². The van der Waals surface area contributed by atoms with E-state index in [4.69, 9.17) is 4.74 Å². The van der Waals surface area contributed by atoms with E-state index in [0.29, 0.717) is 5.56 Å². The molecule has 19 heavy (non-hydrogen) atoms. The molecule has 0 bridgehead atoms. The molecule has 106 valence electrons. The van der Waals surface area contributed by atoms with Crippen molar-refractivity contribution in [2.24, 2.45) is 0 Å². The van der Waals surface area contributed by atoms with Gasteiger partial charge >= 0.3 is 0 Å². The number of sulfone groups is 1. The Balaban J connectivity index is 2.56. The number of hydrogen-bond donors (Lipinski definition) is 1. The van der Waals surface area contributed by atoms with Crippen LogP contribution >= 0.6 is 0 Å². The van der Waals surface area contributed by atoms with Crippen LogP contribution in [-0.2, 0) is 9.84 Å². The first-order valence-corrected chi connectivity index (χ1v) is 8.11. The fraction of sp³-hybridized carbons (Fsp3) is 0.538. The van der Waals surface area contributed by atoms with Gasteiger partial charge in [-0.1, -0.05) is 0 Å². The maximum atomic E-state index is 13.7. The van der Waals surface area contributed by atoms with Crippen molar-refractivity contribution >= 4 is 9.84 Å². The molecule has 0 unspecified atom stereocenters. The fourth-order valence-corrected chi connectivity index (χ4v) is 3.38. The van der Waals surface area contributed by atoms with Crippen LogP contribution in [0.4, 0.5) is 4.39 Å². The third-order valence-corrected chi connectivity index (χ3v) is 4.53. The number of halogens is 1. The monoisotopic (exact) mass is 287 g/mol. The molecule has 0 atom stereocenters. The summed E-state index contributed by atoms with van der Waals surface area (Å²) in [6.07, 6.45) is 2.77. The van der Waals surface area contributed by atoms with Crippen molar-refractivity contribution < 1.29 is 17.5 Å². The van der Waals surface area contributed by atoms with Crippen molar-refractivity contribution in [3.05, 3.63) is 23.5 Å². The Hall–Kier alpha value is -1.14. The fourth-order valence-electron chi connectivity index (χ4n) is 2.52. The van der Waals surface area contributed by atoms with E-state index in [9.17, 15) is 12.8 Å². The summed E-state index contributed by atoms with van der Waals surface area (Å²) in [5.41, 5.74) is 0.657. The van der Waals surface area contributed by atoms with Crippen LogP contribution in [0, 0.1) is 5.82 Å². The summed E-state index contributed by atoms with van der Waals surface area (Å²) in [6.45, 7) is 1.69. The molecular weight excluding hydrogens is 269 g/mol. The lowest BCUT2D eigenvalue weighted by Crippen LogP contribution is -2.27. The van der Waals surface area contributed by atoms with Crippen LogP contribution in [0.3, 0.4) is 0 Å². The molecule has 1 aromatic carbocycles. The van der Waals surface area contributed by atoms with Gasteiger partial charge in [0, 0.05) is 11.8 Å². The molecule has 1 N–H and O–H groups in total. The molecule has 0 saturated carbocycles. The van der Waals surface area contributed by atoms with Gasteiger partial charge in [0.05, 0.1) is 7.11 Å². The lowest BCUT2D eigenvalue weighted by molar-refractivity contribution is 0.379. The zero-order valence-corrected chi connectivity index (χ0v) is 11.9. The van der Waals surface area contributed by atoms with E-state index in [0.717, 1.165) is 38.3 Å². The highest BCUT2D eigenvalue weighted by Crippen LogP contribution is 2.37. The molecule has 1 saturated heterocycles. The second-order valence-electron chi connectivity index (χ2n) is 4.82. The smallest absolute Gasteiger partial charge is 0.179 e. The molecule has 0 radical (unpaired) electrons. The third-order valence-electron chi connectivity index (χ3n) is 3.43. The number of benzene rings is 1. The minimum Gasteiger partial charge on any atom is -0.495 e. The first-order valence-electron chi connectivity index (χ1n) is 6.21. The molecule has 0 amide bonds. The third kappa shape index (κ3) is 3.06. The number of ether oxygens (including phenoxy) is 1. The molecule has 0 spiro atoms. The lowest BCUT2D eigenvalue weighted by atomic mass is 9.89. The highest BCUT2D eigenvalue weighted by Gasteiger charge is 2.25. The van der Waals surface area contributed by atoms with Gasteiger partial charge in [0.1, 0.15) is 16.5 Å². The minimum absolute atomic E-state index is 0.0662. The highest BCUT2D eigenvalue weighted by atomic mass is 32.2. The van der Waals surface area contributed by atoms with E-state index < -0.39 is 15.7 Å². The Kier molecular flexibility index (Phi) is 4.10. The molecular formula is C13H18FNO3S. The van der Waals surface area contributed by atoms with Crippen molar-refractivity contribution in [1.29, 1.82) is 0 Å². The van der Waals surface area contributed by atoms with Gasteiger partial charge in [0.2, 0.25) is 0 Å². The first kappa shape index (κ1) is 14.3. The topological polar surface area (TPSA) is 55.4 Å². The maximum absolute atomic E-state index is 13.7. The predicted octanol–water partition coefficient (Wildman–Crippen LogP) is 1.70. The summed E-state index contributed by atoms with van der Waals surface area (Å²) in [5.74, 6) is -0.113. The molecule has 1 aromatic rings. The first-order chi connectivity index (χ1) is 8.93. The van der Waals surface area contributed by atoms with Gasteiger partial charge in [0.15, 0.2) is 9.84 Å². The van der Waals surface area contributed by atoms with Crippen LogP contribution in [0.15, 0.2) is 17.0 Å². The molecule has 1 fully saturated rings. The van der Waals surface area contributed by atoms with Crippen LogP contribution in [-0.4, -0.2) is 34.9 Å². The number of methoxy groups -OCH3 is 1. The summed E-state index contributed by atoms with van der Waals surface area (Å²) in [7, 11) is -2.09. The molecule has 2 rings (SSSR count). The van der Waals surface area contributed by atoms with E-state index in [1.54, 1.807) is 0 Å². The largest absolute Gasteiger partial charge is 0.495 e. The van der Waals surface area contributed by atoms with Crippen molar-refractivity contribution in [3.63, 3.8) is 0 Å². The van der Waals surface area contributed by atoms with Crippen LogP contribution < -0.4 is 10.1 Å². The summed E-state index contributed by atoms with van der Waals surface area (Å²) in [5, 5.41) is 3.23. The Morgan fingerprint density at radius 1 is 1.32 bits per heavy atom. The zero-order valence-electron chi connectivity index (χ0n) is 11.1. The highest BCUT2D eigenvalue weighted by molar-refractivity contribution is 7.90. The average molecular weight is 287 g/mol. The van der Waals surface area contributed by atoms with Crippen molar-refractivity contribution in [2.45, 2.75) is 23.7 Å². The van der Waals surface area contributed by atoms with Crippen molar-refractivity contribution in [1.82, 2.24) is 5.32 Å². The molecule has 1 heterocycles. The van der Waals surface area contributed by atoms with E-state index in [-0.39, 0.29) is 16.6 Å². The molecule has 0 aliphatic carbocycles. The molecule has 6 heteroatoms. The lowest BCUT2D eigenvalue weighted by Gasteiger charge is -2.25. The summed E-state index contributed by atoms with van der Waals surface area (Å²) < 4.78 is 42.4. The average Bonchev–Trinajstić information content (AvgIpc) is 2.37. The maximum Gasteiger partial charge on any atom is 0.179 e. The number of piperidine rings is 1. The molecule has 1 aliphatic rings. The summed E-state index contributed by atoms with van der Waals surface area (Å²) in [4.78, 5) is -0.0662. The molecule has 4 nitrogen and oxygen atoms in total. The Labute approximate surface area is 112 Å². The van der Waals surface area contributed by atoms with E-state index in [2.05, 4.69) is 5.32 Å². The summed E-state index contributed by atoms with van der Waals surface area (Å²) >= 11 is 0. The number of hydrogen-bond acceptors (Lipinski definition) is 4. The van der Waals surface area contributed by atoms with E-state index >= 15 is 0 Å². The van der Waals surface area contributed by atoms with E-state index in [1.807, 2.05) is 0 Å². The standard InChI is InChI=1S/C13H18FNO3S/c1-18-13-11(9-3-5-15-6-4-9)7-10(14)8-12(13)19(2,16)17/h7-9,15H,3-6H2,1-2H3. The molecule has 0 aromatic heterocycles. The number of rotatable bonds is 3. The Bertz CT molecular complexity index is 565. The SMILES string of the molecule is COc1c(C2CCNCC2)cc(F)cc1S(C)(=O)=O.